The van der Waals surface area contributed by atoms with Crippen LogP contribution in [0.25, 0.3) is 33.4 Å². The van der Waals surface area contributed by atoms with Crippen molar-refractivity contribution in [2.45, 2.75) is 234 Å². The summed E-state index contributed by atoms with van der Waals surface area (Å²) in [5, 5.41) is 0. The molecule has 0 spiro atoms. The molecule has 3 aliphatic rings. The van der Waals surface area contributed by atoms with Gasteiger partial charge in [-0.3, -0.25) is 0 Å². The highest BCUT2D eigenvalue weighted by Gasteiger charge is 2.53. The topological polar surface area (TPSA) is 18.5 Å². The minimum atomic E-state index is -0.388. The van der Waals surface area contributed by atoms with Gasteiger partial charge in [-0.2, -0.15) is 0 Å². The van der Waals surface area contributed by atoms with E-state index in [0.29, 0.717) is 23.7 Å². The van der Waals surface area contributed by atoms with E-state index in [9.17, 15) is 0 Å². The molecule has 0 aromatic heterocycles. The third-order valence-corrected chi connectivity index (χ3v) is 18.2. The third-order valence-electron chi connectivity index (χ3n) is 18.2. The minimum absolute atomic E-state index is 0.0205. The highest BCUT2D eigenvalue weighted by molar-refractivity contribution is 6.62. The van der Waals surface area contributed by atoms with Crippen LogP contribution >= 0.6 is 0 Å². The first-order valence-electron chi connectivity index (χ1n) is 28.2. The van der Waals surface area contributed by atoms with Crippen LogP contribution in [0.4, 0.5) is 0 Å². The second kappa shape index (κ2) is 22.3. The van der Waals surface area contributed by atoms with Gasteiger partial charge in [-0.25, -0.2) is 0 Å². The van der Waals surface area contributed by atoms with Gasteiger partial charge in [0.1, 0.15) is 0 Å². The monoisotopic (exact) mass is 905 g/mol. The molecule has 4 aromatic carbocycles. The zero-order valence-corrected chi connectivity index (χ0v) is 44.9. The lowest BCUT2D eigenvalue weighted by Crippen LogP contribution is -2.41. The van der Waals surface area contributed by atoms with E-state index >= 15 is 0 Å². The lowest BCUT2D eigenvalue weighted by molar-refractivity contribution is 0.00578. The predicted molar refractivity (Wildman–Crippen MR) is 292 cm³/mol. The second-order valence-electron chi connectivity index (χ2n) is 23.1. The van der Waals surface area contributed by atoms with Crippen LogP contribution in [0, 0.1) is 23.7 Å². The van der Waals surface area contributed by atoms with Crippen molar-refractivity contribution < 1.29 is 9.31 Å². The Morgan fingerprint density at radius 3 is 1.13 bits per heavy atom. The fourth-order valence-corrected chi connectivity index (χ4v) is 13.2. The molecule has 1 heterocycles. The quantitative estimate of drug-likeness (QED) is 0.0585. The molecule has 0 bridgehead atoms. The van der Waals surface area contributed by atoms with Gasteiger partial charge in [-0.1, -0.05) is 225 Å². The Hall–Kier alpha value is -3.14. The van der Waals surface area contributed by atoms with Crippen molar-refractivity contribution in [3.05, 3.63) is 101 Å². The second-order valence-corrected chi connectivity index (χ2v) is 23.1. The molecule has 0 radical (unpaired) electrons. The average Bonchev–Trinajstić information content (AvgIpc) is 3.85. The van der Waals surface area contributed by atoms with Gasteiger partial charge in [0.2, 0.25) is 0 Å². The Morgan fingerprint density at radius 2 is 0.746 bits per heavy atom. The highest BCUT2D eigenvalue weighted by atomic mass is 16.7. The van der Waals surface area contributed by atoms with Gasteiger partial charge in [-0.05, 0) is 150 Å². The van der Waals surface area contributed by atoms with Crippen molar-refractivity contribution in [2.24, 2.45) is 23.7 Å². The average molecular weight is 905 g/mol. The smallest absolute Gasteiger partial charge is 0.399 e. The van der Waals surface area contributed by atoms with Crippen molar-refractivity contribution in [2.75, 3.05) is 0 Å². The summed E-state index contributed by atoms with van der Waals surface area (Å²) < 4.78 is 13.6. The first kappa shape index (κ1) is 51.7. The summed E-state index contributed by atoms with van der Waals surface area (Å²) >= 11 is 0. The maximum Gasteiger partial charge on any atom is 0.494 e. The largest absolute Gasteiger partial charge is 0.494 e. The Bertz CT molecular complexity index is 2180. The van der Waals surface area contributed by atoms with Gasteiger partial charge < -0.3 is 9.31 Å². The summed E-state index contributed by atoms with van der Waals surface area (Å²) in [4.78, 5) is 0. The molecule has 2 aliphatic carbocycles. The molecule has 4 aromatic rings. The first-order valence-corrected chi connectivity index (χ1v) is 28.2. The van der Waals surface area contributed by atoms with Crippen molar-refractivity contribution in [3.8, 4) is 33.4 Å². The number of benzene rings is 4. The van der Waals surface area contributed by atoms with Crippen molar-refractivity contribution in [1.29, 1.82) is 0 Å². The molecule has 364 valence electrons. The lowest BCUT2D eigenvalue weighted by atomic mass is 9.64. The minimum Gasteiger partial charge on any atom is -0.399 e. The Balaban J connectivity index is 1.42. The van der Waals surface area contributed by atoms with Gasteiger partial charge >= 0.3 is 7.12 Å². The Kier molecular flexibility index (Phi) is 17.2. The van der Waals surface area contributed by atoms with E-state index in [4.69, 9.17) is 9.31 Å². The SMILES string of the molecule is CCCCC(CC)CC1(CC(CC)CCCC)c2ccccc2-c2ccc(-c3ccc4c(c3)C(CC(CC)CCCC)(CC(CC)CCCC)c3cc(B5OC(C)(C)C(C)(C)O5)ccc3-4)cc21. The first-order chi connectivity index (χ1) is 32.3. The van der Waals surface area contributed by atoms with Gasteiger partial charge in [-0.15, -0.1) is 0 Å². The van der Waals surface area contributed by atoms with Crippen molar-refractivity contribution in [3.63, 3.8) is 0 Å². The normalized spacial score (nSPS) is 21.7. The zero-order chi connectivity index (χ0) is 48.0. The number of hydrogen-bond acceptors (Lipinski definition) is 2. The van der Waals surface area contributed by atoms with Crippen molar-refractivity contribution >= 4 is 12.6 Å². The van der Waals surface area contributed by atoms with Crippen LogP contribution in [-0.2, 0) is 20.1 Å². The molecule has 1 aliphatic heterocycles. The van der Waals surface area contributed by atoms with Gasteiger partial charge in [0, 0.05) is 10.8 Å². The van der Waals surface area contributed by atoms with E-state index in [1.165, 1.54) is 173 Å². The molecule has 0 saturated carbocycles. The van der Waals surface area contributed by atoms with E-state index in [1.54, 1.807) is 16.7 Å². The lowest BCUT2D eigenvalue weighted by Gasteiger charge is -2.39. The summed E-state index contributed by atoms with van der Waals surface area (Å²) in [7, 11) is -0.379. The molecule has 67 heavy (non-hydrogen) atoms. The van der Waals surface area contributed by atoms with Crippen LogP contribution < -0.4 is 5.46 Å². The highest BCUT2D eigenvalue weighted by Crippen LogP contribution is 2.59. The fourth-order valence-electron chi connectivity index (χ4n) is 13.2. The fraction of sp³-hybridized carbons (Fsp3) is 0.625. The van der Waals surface area contributed by atoms with Gasteiger partial charge in [0.05, 0.1) is 11.2 Å². The number of rotatable bonds is 26. The van der Waals surface area contributed by atoms with Crippen LogP contribution in [0.2, 0.25) is 0 Å². The molecule has 7 rings (SSSR count). The molecule has 0 N–H and O–H groups in total. The molecular weight excluding hydrogens is 812 g/mol. The summed E-state index contributed by atoms with van der Waals surface area (Å²) in [5.74, 6) is 2.74. The van der Waals surface area contributed by atoms with E-state index in [1.807, 2.05) is 0 Å². The van der Waals surface area contributed by atoms with Crippen molar-refractivity contribution in [1.82, 2.24) is 0 Å². The molecular formula is C64H93BO2. The maximum atomic E-state index is 6.80. The van der Waals surface area contributed by atoms with Crippen LogP contribution in [0.5, 0.6) is 0 Å². The Morgan fingerprint density at radius 1 is 0.403 bits per heavy atom. The zero-order valence-electron chi connectivity index (χ0n) is 44.9. The Labute approximate surface area is 411 Å². The number of fused-ring (bicyclic) bond motifs is 6. The predicted octanol–water partition coefficient (Wildman–Crippen LogP) is 18.6. The maximum absolute atomic E-state index is 6.80. The van der Waals surface area contributed by atoms with E-state index in [2.05, 4.69) is 162 Å². The molecule has 2 nitrogen and oxygen atoms in total. The number of unbranched alkanes of at least 4 members (excludes halogenated alkanes) is 4. The molecule has 4 atom stereocenters. The van der Waals surface area contributed by atoms with Crippen LogP contribution in [0.1, 0.15) is 234 Å². The molecule has 0 amide bonds. The van der Waals surface area contributed by atoms with Gasteiger partial charge in [0.25, 0.3) is 0 Å². The van der Waals surface area contributed by atoms with E-state index in [0.717, 1.165) is 0 Å². The standard InChI is InChI=1S/C64H93BO2/c1-13-21-27-46(17-5)42-63(43-47(18-6)28-22-14-2)57-32-26-25-31-53(57)54-36-33-50(39-58(54)63)51-34-37-55-56-38-35-52(65-66-61(9,10)62(11,12)67-65)41-60(56)64(59(55)40-51,44-48(19-7)29-23-15-3)45-49(20-8)30-24-16-4/h25-26,31-41,46-49H,13-24,27-30,42-45H2,1-12H3. The summed E-state index contributed by atoms with van der Waals surface area (Å²) in [5.41, 5.74) is 15.2. The summed E-state index contributed by atoms with van der Waals surface area (Å²) in [6, 6.07) is 32.4. The van der Waals surface area contributed by atoms with Crippen LogP contribution in [0.15, 0.2) is 78.9 Å². The molecule has 1 saturated heterocycles. The molecule has 4 unspecified atom stereocenters. The summed E-state index contributed by atoms with van der Waals surface area (Å²) in [6.45, 7) is 28.1. The van der Waals surface area contributed by atoms with Crippen LogP contribution in [0.3, 0.4) is 0 Å². The molecule has 1 fully saturated rings. The number of hydrogen-bond donors (Lipinski definition) is 0. The third kappa shape index (κ3) is 10.4. The van der Waals surface area contributed by atoms with Gasteiger partial charge in [0.15, 0.2) is 0 Å². The van der Waals surface area contributed by atoms with E-state index in [-0.39, 0.29) is 29.2 Å². The van der Waals surface area contributed by atoms with Crippen LogP contribution in [-0.4, -0.2) is 18.3 Å². The van der Waals surface area contributed by atoms with E-state index < -0.39 is 0 Å². The molecule has 3 heteroatoms. The summed E-state index contributed by atoms with van der Waals surface area (Å²) in [6.07, 6.45) is 25.3.